The summed E-state index contributed by atoms with van der Waals surface area (Å²) in [5, 5.41) is 8.06. The average Bonchev–Trinajstić information content (AvgIpc) is 3.08. The van der Waals surface area contributed by atoms with Crippen molar-refractivity contribution >= 4 is 23.4 Å². The molecule has 0 spiro atoms. The number of benzene rings is 1. The van der Waals surface area contributed by atoms with Crippen LogP contribution in [0.2, 0.25) is 0 Å². The molecular formula is C19H23N5O2S. The lowest BCUT2D eigenvalue weighted by Crippen LogP contribution is -2.25. The van der Waals surface area contributed by atoms with Gasteiger partial charge in [0.25, 0.3) is 5.78 Å². The predicted octanol–water partition coefficient (Wildman–Crippen LogP) is 2.47. The molecule has 7 nitrogen and oxygen atoms in total. The molecule has 0 unspecified atom stereocenters. The Bertz CT molecular complexity index is 953. The summed E-state index contributed by atoms with van der Waals surface area (Å²) < 4.78 is 6.81. The summed E-state index contributed by atoms with van der Waals surface area (Å²) in [4.78, 5) is 21.3. The third-order valence-corrected chi connectivity index (χ3v) is 4.91. The Balaban J connectivity index is 1.68. The standard InChI is InChI=1S/C19H23N5O2S/c1-12-16(13(2)24-18(21-12)22-19(23-24)27-4)9-17(25)20-10-14-5-7-15(8-6-14)11-26-3/h5-8H,9-11H2,1-4H3,(H,20,25). The largest absolute Gasteiger partial charge is 0.380 e. The van der Waals surface area contributed by atoms with E-state index in [0.717, 1.165) is 28.1 Å². The van der Waals surface area contributed by atoms with Gasteiger partial charge >= 0.3 is 0 Å². The monoisotopic (exact) mass is 385 g/mol. The Kier molecular flexibility index (Phi) is 6.08. The molecule has 8 heteroatoms. The van der Waals surface area contributed by atoms with Gasteiger partial charge in [0.05, 0.1) is 13.0 Å². The molecule has 3 rings (SSSR count). The van der Waals surface area contributed by atoms with Gasteiger partial charge in [-0.15, -0.1) is 5.10 Å². The van der Waals surface area contributed by atoms with Gasteiger partial charge in [-0.3, -0.25) is 4.79 Å². The molecule has 3 aromatic rings. The van der Waals surface area contributed by atoms with Crippen LogP contribution in [0.25, 0.3) is 5.78 Å². The maximum absolute atomic E-state index is 12.4. The first-order valence-electron chi connectivity index (χ1n) is 8.62. The summed E-state index contributed by atoms with van der Waals surface area (Å²) in [6.45, 7) is 4.91. The van der Waals surface area contributed by atoms with E-state index in [2.05, 4.69) is 20.4 Å². The van der Waals surface area contributed by atoms with Crippen molar-refractivity contribution in [3.05, 3.63) is 52.3 Å². The van der Waals surface area contributed by atoms with Crippen LogP contribution < -0.4 is 5.32 Å². The Labute approximate surface area is 162 Å². The van der Waals surface area contributed by atoms with Gasteiger partial charge in [0.15, 0.2) is 0 Å². The maximum atomic E-state index is 12.4. The molecule has 0 bridgehead atoms. The lowest BCUT2D eigenvalue weighted by molar-refractivity contribution is -0.120. The van der Waals surface area contributed by atoms with Crippen molar-refractivity contribution in [1.82, 2.24) is 24.9 Å². The molecule has 1 N–H and O–H groups in total. The van der Waals surface area contributed by atoms with E-state index in [1.165, 1.54) is 11.8 Å². The number of methoxy groups -OCH3 is 1. The fourth-order valence-electron chi connectivity index (χ4n) is 2.88. The number of aryl methyl sites for hydroxylation is 2. The number of hydrogen-bond donors (Lipinski definition) is 1. The first-order valence-corrected chi connectivity index (χ1v) is 9.84. The number of hydrogen-bond acceptors (Lipinski definition) is 6. The van der Waals surface area contributed by atoms with E-state index in [0.29, 0.717) is 24.1 Å². The van der Waals surface area contributed by atoms with E-state index in [1.54, 1.807) is 11.6 Å². The van der Waals surface area contributed by atoms with Crippen molar-refractivity contribution in [1.29, 1.82) is 0 Å². The summed E-state index contributed by atoms with van der Waals surface area (Å²) in [5.41, 5.74) is 4.73. The fourth-order valence-corrected chi connectivity index (χ4v) is 3.21. The van der Waals surface area contributed by atoms with Gasteiger partial charge in [0.2, 0.25) is 11.1 Å². The van der Waals surface area contributed by atoms with E-state index < -0.39 is 0 Å². The van der Waals surface area contributed by atoms with Crippen LogP contribution in [0.15, 0.2) is 29.4 Å². The summed E-state index contributed by atoms with van der Waals surface area (Å²) in [7, 11) is 1.67. The van der Waals surface area contributed by atoms with Crippen molar-refractivity contribution in [2.24, 2.45) is 0 Å². The molecule has 0 aliphatic rings. The van der Waals surface area contributed by atoms with Crippen LogP contribution in [-0.2, 0) is 29.1 Å². The summed E-state index contributed by atoms with van der Waals surface area (Å²) in [6, 6.07) is 8.01. The minimum atomic E-state index is -0.0477. The number of thioether (sulfide) groups is 1. The SMILES string of the molecule is COCc1ccc(CNC(=O)Cc2c(C)nc3nc(SC)nn3c2C)cc1. The first-order chi connectivity index (χ1) is 13.0. The first kappa shape index (κ1) is 19.3. The number of fused-ring (bicyclic) bond motifs is 1. The van der Waals surface area contributed by atoms with Gasteiger partial charge in [-0.1, -0.05) is 36.0 Å². The van der Waals surface area contributed by atoms with Crippen molar-refractivity contribution in [2.45, 2.75) is 38.6 Å². The highest BCUT2D eigenvalue weighted by Crippen LogP contribution is 2.17. The number of carbonyl (C=O) groups excluding carboxylic acids is 1. The van der Waals surface area contributed by atoms with Gasteiger partial charge in [-0.05, 0) is 31.2 Å². The Morgan fingerprint density at radius 2 is 1.89 bits per heavy atom. The second kappa shape index (κ2) is 8.49. The number of aromatic nitrogens is 4. The van der Waals surface area contributed by atoms with Gasteiger partial charge in [-0.25, -0.2) is 9.50 Å². The molecule has 0 saturated heterocycles. The lowest BCUT2D eigenvalue weighted by Gasteiger charge is -2.11. The Morgan fingerprint density at radius 3 is 2.56 bits per heavy atom. The van der Waals surface area contributed by atoms with E-state index in [4.69, 9.17) is 4.74 Å². The normalized spacial score (nSPS) is 11.1. The van der Waals surface area contributed by atoms with Crippen LogP contribution in [0.4, 0.5) is 0 Å². The number of nitrogens with one attached hydrogen (secondary N) is 1. The molecule has 0 atom stereocenters. The number of amides is 1. The van der Waals surface area contributed by atoms with Crippen molar-refractivity contribution in [2.75, 3.05) is 13.4 Å². The average molecular weight is 385 g/mol. The summed E-state index contributed by atoms with van der Waals surface area (Å²) in [5.74, 6) is 0.517. The molecular weight excluding hydrogens is 362 g/mol. The molecule has 0 radical (unpaired) electrons. The van der Waals surface area contributed by atoms with Crippen LogP contribution in [0.1, 0.15) is 28.1 Å². The minimum Gasteiger partial charge on any atom is -0.380 e. The zero-order chi connectivity index (χ0) is 19.4. The van der Waals surface area contributed by atoms with Crippen molar-refractivity contribution in [3.63, 3.8) is 0 Å². The van der Waals surface area contributed by atoms with Gasteiger partial charge in [0.1, 0.15) is 0 Å². The molecule has 0 aliphatic carbocycles. The van der Waals surface area contributed by atoms with Gasteiger partial charge < -0.3 is 10.1 Å². The molecule has 142 valence electrons. The van der Waals surface area contributed by atoms with Crippen molar-refractivity contribution < 1.29 is 9.53 Å². The molecule has 2 aromatic heterocycles. The molecule has 1 amide bonds. The quantitative estimate of drug-likeness (QED) is 0.629. The highest BCUT2D eigenvalue weighted by Gasteiger charge is 2.15. The number of rotatable bonds is 7. The van der Waals surface area contributed by atoms with Gasteiger partial charge in [-0.2, -0.15) is 4.98 Å². The number of nitrogens with zero attached hydrogens (tertiary/aromatic N) is 4. The lowest BCUT2D eigenvalue weighted by atomic mass is 10.1. The Morgan fingerprint density at radius 1 is 1.19 bits per heavy atom. The zero-order valence-corrected chi connectivity index (χ0v) is 16.8. The van der Waals surface area contributed by atoms with E-state index in [-0.39, 0.29) is 12.3 Å². The molecule has 27 heavy (non-hydrogen) atoms. The molecule has 0 fully saturated rings. The van der Waals surface area contributed by atoms with E-state index in [9.17, 15) is 4.79 Å². The minimum absolute atomic E-state index is 0.0477. The number of ether oxygens (including phenoxy) is 1. The maximum Gasteiger partial charge on any atom is 0.253 e. The highest BCUT2D eigenvalue weighted by atomic mass is 32.2. The van der Waals surface area contributed by atoms with E-state index in [1.807, 2.05) is 44.4 Å². The third kappa shape index (κ3) is 4.45. The molecule has 1 aromatic carbocycles. The van der Waals surface area contributed by atoms with E-state index >= 15 is 0 Å². The third-order valence-electron chi connectivity index (χ3n) is 4.37. The van der Waals surface area contributed by atoms with Crippen LogP contribution in [-0.4, -0.2) is 38.9 Å². The zero-order valence-electron chi connectivity index (χ0n) is 15.9. The van der Waals surface area contributed by atoms with Crippen LogP contribution in [0.3, 0.4) is 0 Å². The molecule has 2 heterocycles. The van der Waals surface area contributed by atoms with Crippen LogP contribution in [0, 0.1) is 13.8 Å². The summed E-state index contributed by atoms with van der Waals surface area (Å²) >= 11 is 1.47. The topological polar surface area (TPSA) is 81.4 Å². The van der Waals surface area contributed by atoms with Crippen molar-refractivity contribution in [3.8, 4) is 0 Å². The smallest absolute Gasteiger partial charge is 0.253 e. The highest BCUT2D eigenvalue weighted by molar-refractivity contribution is 7.98. The fraction of sp³-hybridized carbons (Fsp3) is 0.368. The second-order valence-electron chi connectivity index (χ2n) is 6.27. The van der Waals surface area contributed by atoms with Crippen LogP contribution >= 0.6 is 11.8 Å². The number of carbonyl (C=O) groups is 1. The second-order valence-corrected chi connectivity index (χ2v) is 7.05. The predicted molar refractivity (Wildman–Crippen MR) is 105 cm³/mol. The summed E-state index contributed by atoms with van der Waals surface area (Å²) in [6.07, 6.45) is 2.18. The molecule has 0 aliphatic heterocycles. The Hall–Kier alpha value is -2.45. The van der Waals surface area contributed by atoms with Crippen LogP contribution in [0.5, 0.6) is 0 Å². The molecule has 0 saturated carbocycles. The van der Waals surface area contributed by atoms with Gasteiger partial charge in [0, 0.05) is 30.6 Å².